The second-order valence-electron chi connectivity index (χ2n) is 8.21. The second kappa shape index (κ2) is 10.8. The molecule has 1 unspecified atom stereocenters. The van der Waals surface area contributed by atoms with E-state index >= 15 is 0 Å². The zero-order valence-corrected chi connectivity index (χ0v) is 19.0. The van der Waals surface area contributed by atoms with Gasteiger partial charge in [-0.3, -0.25) is 4.79 Å². The average molecular weight is 479 g/mol. The first kappa shape index (κ1) is 24.0. The topological polar surface area (TPSA) is 133 Å². The van der Waals surface area contributed by atoms with Gasteiger partial charge in [-0.05, 0) is 36.6 Å². The van der Waals surface area contributed by atoms with Crippen LogP contribution in [0.15, 0.2) is 60.8 Å². The van der Waals surface area contributed by atoms with Gasteiger partial charge in [0, 0.05) is 31.0 Å². The van der Waals surface area contributed by atoms with Crippen molar-refractivity contribution in [3.05, 3.63) is 77.7 Å². The molecule has 10 heteroatoms. The van der Waals surface area contributed by atoms with E-state index in [1.807, 2.05) is 30.3 Å². The number of carbonyl (C=O) groups is 2. The first-order valence-corrected chi connectivity index (χ1v) is 11.3. The largest absolute Gasteiger partial charge is 0.394 e. The molecule has 182 valence electrons. The maximum Gasteiger partial charge on any atom is 0.321 e. The predicted octanol–water partition coefficient (Wildman–Crippen LogP) is 3.84. The molecular formula is C25H27FN6O3. The molecule has 1 fully saturated rings. The van der Waals surface area contributed by atoms with Crippen molar-refractivity contribution in [2.24, 2.45) is 5.73 Å². The summed E-state index contributed by atoms with van der Waals surface area (Å²) in [4.78, 5) is 30.2. The summed E-state index contributed by atoms with van der Waals surface area (Å²) in [6, 6.07) is 14.3. The number of aliphatic hydroxyl groups excluding tert-OH is 1. The number of primary amides is 1. The fraction of sp³-hybridized carbons (Fsp3) is 0.240. The minimum absolute atomic E-state index is 0.0448. The SMILES string of the molecule is NC(=O)c1cnc(Nc2ccc(F)c(NC(=O)N3CCCC3)c2)cc1NC(CO)c1ccccc1. The van der Waals surface area contributed by atoms with Crippen LogP contribution in [0.1, 0.15) is 34.8 Å². The molecule has 0 spiro atoms. The highest BCUT2D eigenvalue weighted by Crippen LogP contribution is 2.27. The number of halogens is 1. The third-order valence-electron chi connectivity index (χ3n) is 5.76. The number of nitrogens with two attached hydrogens (primary N) is 1. The summed E-state index contributed by atoms with van der Waals surface area (Å²) in [7, 11) is 0. The normalized spacial score (nSPS) is 13.8. The molecule has 6 N–H and O–H groups in total. The number of anilines is 4. The van der Waals surface area contributed by atoms with Crippen molar-refractivity contribution < 1.29 is 19.1 Å². The molecule has 1 aliphatic rings. The van der Waals surface area contributed by atoms with Crippen LogP contribution < -0.4 is 21.7 Å². The number of benzene rings is 2. The van der Waals surface area contributed by atoms with Crippen LogP contribution in [0.4, 0.5) is 32.1 Å². The van der Waals surface area contributed by atoms with Crippen LogP contribution in [0.3, 0.4) is 0 Å². The van der Waals surface area contributed by atoms with Gasteiger partial charge in [-0.2, -0.15) is 0 Å². The lowest BCUT2D eigenvalue weighted by Gasteiger charge is -2.20. The summed E-state index contributed by atoms with van der Waals surface area (Å²) in [5, 5.41) is 18.7. The highest BCUT2D eigenvalue weighted by Gasteiger charge is 2.20. The average Bonchev–Trinajstić information content (AvgIpc) is 3.40. The summed E-state index contributed by atoms with van der Waals surface area (Å²) >= 11 is 0. The quantitative estimate of drug-likeness (QED) is 0.334. The predicted molar refractivity (Wildman–Crippen MR) is 132 cm³/mol. The van der Waals surface area contributed by atoms with Crippen molar-refractivity contribution in [1.82, 2.24) is 9.88 Å². The number of nitrogens with one attached hydrogen (secondary N) is 3. The Morgan fingerprint density at radius 3 is 2.51 bits per heavy atom. The van der Waals surface area contributed by atoms with Crippen molar-refractivity contribution in [3.8, 4) is 0 Å². The first-order valence-electron chi connectivity index (χ1n) is 11.3. The molecule has 1 atom stereocenters. The van der Waals surface area contributed by atoms with Gasteiger partial charge in [0.25, 0.3) is 5.91 Å². The molecule has 1 aliphatic heterocycles. The first-order chi connectivity index (χ1) is 16.9. The van der Waals surface area contributed by atoms with Gasteiger partial charge in [0.15, 0.2) is 0 Å². The van der Waals surface area contributed by atoms with Crippen LogP contribution >= 0.6 is 0 Å². The molecule has 0 aliphatic carbocycles. The van der Waals surface area contributed by atoms with Gasteiger partial charge in [0.2, 0.25) is 0 Å². The summed E-state index contributed by atoms with van der Waals surface area (Å²) in [6.45, 7) is 1.08. The number of aromatic nitrogens is 1. The number of rotatable bonds is 8. The highest BCUT2D eigenvalue weighted by molar-refractivity contribution is 5.98. The number of hydrogen-bond acceptors (Lipinski definition) is 6. The molecular weight excluding hydrogens is 451 g/mol. The fourth-order valence-electron chi connectivity index (χ4n) is 3.91. The van der Waals surface area contributed by atoms with E-state index in [9.17, 15) is 19.1 Å². The van der Waals surface area contributed by atoms with E-state index in [1.54, 1.807) is 11.0 Å². The monoisotopic (exact) mass is 478 g/mol. The van der Waals surface area contributed by atoms with Crippen LogP contribution in [0.25, 0.3) is 0 Å². The number of urea groups is 1. The van der Waals surface area contributed by atoms with Crippen molar-refractivity contribution in [3.63, 3.8) is 0 Å². The van der Waals surface area contributed by atoms with E-state index in [-0.39, 0.29) is 23.9 Å². The molecule has 9 nitrogen and oxygen atoms in total. The number of hydrogen-bond donors (Lipinski definition) is 5. The summed E-state index contributed by atoms with van der Waals surface area (Å²) in [6.07, 6.45) is 3.19. The van der Waals surface area contributed by atoms with Gasteiger partial charge in [0.05, 0.1) is 29.6 Å². The molecule has 3 aromatic rings. The van der Waals surface area contributed by atoms with Gasteiger partial charge in [-0.15, -0.1) is 0 Å². The lowest BCUT2D eigenvalue weighted by Crippen LogP contribution is -2.32. The number of likely N-dealkylation sites (tertiary alicyclic amines) is 1. The zero-order valence-electron chi connectivity index (χ0n) is 19.0. The van der Waals surface area contributed by atoms with Crippen LogP contribution in [0.2, 0.25) is 0 Å². The summed E-state index contributed by atoms with van der Waals surface area (Å²) in [5.74, 6) is -0.883. The van der Waals surface area contributed by atoms with Crippen molar-refractivity contribution in [2.75, 3.05) is 35.6 Å². The van der Waals surface area contributed by atoms with Crippen LogP contribution in [-0.4, -0.2) is 46.6 Å². The number of aliphatic hydroxyl groups is 1. The molecule has 1 aromatic heterocycles. The highest BCUT2D eigenvalue weighted by atomic mass is 19.1. The van der Waals surface area contributed by atoms with E-state index in [1.165, 1.54) is 24.4 Å². The number of nitrogens with zero attached hydrogens (tertiary/aromatic N) is 2. The fourth-order valence-corrected chi connectivity index (χ4v) is 3.91. The summed E-state index contributed by atoms with van der Waals surface area (Å²) < 4.78 is 14.3. The van der Waals surface area contributed by atoms with E-state index < -0.39 is 17.8 Å². The van der Waals surface area contributed by atoms with E-state index in [0.29, 0.717) is 30.3 Å². The molecule has 2 aromatic carbocycles. The molecule has 2 heterocycles. The lowest BCUT2D eigenvalue weighted by atomic mass is 10.1. The lowest BCUT2D eigenvalue weighted by molar-refractivity contribution is 0.100. The smallest absolute Gasteiger partial charge is 0.321 e. The summed E-state index contributed by atoms with van der Waals surface area (Å²) in [5.41, 5.74) is 7.41. The van der Waals surface area contributed by atoms with E-state index in [2.05, 4.69) is 20.9 Å². The van der Waals surface area contributed by atoms with Crippen LogP contribution in [0, 0.1) is 5.82 Å². The Balaban J connectivity index is 1.55. The Labute approximate surface area is 202 Å². The molecule has 0 bridgehead atoms. The maximum atomic E-state index is 14.3. The molecule has 35 heavy (non-hydrogen) atoms. The van der Waals surface area contributed by atoms with Crippen LogP contribution in [0.5, 0.6) is 0 Å². The zero-order chi connectivity index (χ0) is 24.8. The molecule has 4 rings (SSSR count). The van der Waals surface area contributed by atoms with Gasteiger partial charge in [-0.1, -0.05) is 30.3 Å². The Morgan fingerprint density at radius 2 is 1.83 bits per heavy atom. The number of amides is 3. The van der Waals surface area contributed by atoms with Crippen molar-refractivity contribution >= 4 is 34.8 Å². The van der Waals surface area contributed by atoms with Gasteiger partial charge >= 0.3 is 6.03 Å². The Kier molecular flexibility index (Phi) is 7.41. The molecule has 0 saturated carbocycles. The Hall–Kier alpha value is -4.18. The standard InChI is InChI=1S/C25H27FN6O3/c26-19-9-8-17(12-21(19)31-25(35)32-10-4-5-11-32)29-23-13-20(18(14-28-23)24(27)34)30-22(15-33)16-6-2-1-3-7-16/h1-3,6-9,12-14,22,33H,4-5,10-11,15H2,(H2,27,34)(H,31,35)(H2,28,29,30). The molecule has 0 radical (unpaired) electrons. The second-order valence-corrected chi connectivity index (χ2v) is 8.21. The number of carbonyl (C=O) groups excluding carboxylic acids is 2. The van der Waals surface area contributed by atoms with Gasteiger partial charge < -0.3 is 31.7 Å². The third-order valence-corrected chi connectivity index (χ3v) is 5.76. The minimum Gasteiger partial charge on any atom is -0.394 e. The van der Waals surface area contributed by atoms with E-state index in [0.717, 1.165) is 18.4 Å². The minimum atomic E-state index is -0.676. The van der Waals surface area contributed by atoms with Gasteiger partial charge in [0.1, 0.15) is 11.6 Å². The van der Waals surface area contributed by atoms with Crippen LogP contribution in [-0.2, 0) is 0 Å². The number of pyridine rings is 1. The van der Waals surface area contributed by atoms with Crippen molar-refractivity contribution in [1.29, 1.82) is 0 Å². The van der Waals surface area contributed by atoms with Gasteiger partial charge in [-0.25, -0.2) is 14.2 Å². The Bertz CT molecular complexity index is 1200. The maximum absolute atomic E-state index is 14.3. The van der Waals surface area contributed by atoms with Crippen molar-refractivity contribution in [2.45, 2.75) is 18.9 Å². The molecule has 3 amide bonds. The van der Waals surface area contributed by atoms with E-state index in [4.69, 9.17) is 5.73 Å². The molecule has 1 saturated heterocycles. The third kappa shape index (κ3) is 5.85. The Morgan fingerprint density at radius 1 is 1.09 bits per heavy atom.